The van der Waals surface area contributed by atoms with E-state index >= 15 is 0 Å². The molecule has 16 heavy (non-hydrogen) atoms. The third kappa shape index (κ3) is 1.55. The highest BCUT2D eigenvalue weighted by Crippen LogP contribution is 2.40. The predicted molar refractivity (Wildman–Crippen MR) is 59.3 cm³/mol. The van der Waals surface area contributed by atoms with Gasteiger partial charge in [0.2, 0.25) is 0 Å². The van der Waals surface area contributed by atoms with Crippen LogP contribution in [0.5, 0.6) is 0 Å². The number of ether oxygens (including phenoxy) is 1. The molecule has 0 spiro atoms. The molecule has 0 saturated carbocycles. The fraction of sp³-hybridized carbons (Fsp3) is 0.538. The van der Waals surface area contributed by atoms with Crippen LogP contribution in [0.1, 0.15) is 35.2 Å². The SMILES string of the molecule is Cc1cncc(C(=O)C2CC3CCC2O3)c1. The van der Waals surface area contributed by atoms with Crippen molar-refractivity contribution in [3.8, 4) is 0 Å². The van der Waals surface area contributed by atoms with Gasteiger partial charge >= 0.3 is 0 Å². The summed E-state index contributed by atoms with van der Waals surface area (Å²) in [6.07, 6.45) is 7.00. The normalized spacial score (nSPS) is 31.9. The minimum atomic E-state index is 0.0716. The van der Waals surface area contributed by atoms with Gasteiger partial charge in [-0.3, -0.25) is 9.78 Å². The van der Waals surface area contributed by atoms with Crippen molar-refractivity contribution in [2.45, 2.75) is 38.4 Å². The van der Waals surface area contributed by atoms with E-state index in [1.165, 1.54) is 0 Å². The summed E-state index contributed by atoms with van der Waals surface area (Å²) in [6, 6.07) is 1.92. The summed E-state index contributed by atoms with van der Waals surface area (Å²) in [5.74, 6) is 0.283. The third-order valence-electron chi connectivity index (χ3n) is 3.60. The Morgan fingerprint density at radius 3 is 2.94 bits per heavy atom. The summed E-state index contributed by atoms with van der Waals surface area (Å²) < 4.78 is 5.72. The number of pyridine rings is 1. The van der Waals surface area contributed by atoms with Gasteiger partial charge in [0.25, 0.3) is 0 Å². The number of nitrogens with zero attached hydrogens (tertiary/aromatic N) is 1. The molecule has 3 rings (SSSR count). The second-order valence-electron chi connectivity index (χ2n) is 4.83. The van der Waals surface area contributed by atoms with Gasteiger partial charge in [0, 0.05) is 18.0 Å². The molecular weight excluding hydrogens is 202 g/mol. The van der Waals surface area contributed by atoms with E-state index < -0.39 is 0 Å². The van der Waals surface area contributed by atoms with Gasteiger partial charge in [-0.05, 0) is 37.8 Å². The quantitative estimate of drug-likeness (QED) is 0.712. The molecule has 2 bridgehead atoms. The molecule has 2 fully saturated rings. The van der Waals surface area contributed by atoms with Crippen LogP contribution in [-0.2, 0) is 4.74 Å². The Balaban J connectivity index is 1.83. The molecule has 3 nitrogen and oxygen atoms in total. The number of aromatic nitrogens is 1. The summed E-state index contributed by atoms with van der Waals surface area (Å²) in [6.45, 7) is 1.96. The number of carbonyl (C=O) groups is 1. The van der Waals surface area contributed by atoms with Gasteiger partial charge in [-0.1, -0.05) is 0 Å². The van der Waals surface area contributed by atoms with Crippen LogP contribution < -0.4 is 0 Å². The van der Waals surface area contributed by atoms with Crippen molar-refractivity contribution in [1.82, 2.24) is 4.98 Å². The summed E-state index contributed by atoms with van der Waals surface area (Å²) in [7, 11) is 0. The van der Waals surface area contributed by atoms with Crippen LogP contribution in [0.15, 0.2) is 18.5 Å². The Morgan fingerprint density at radius 1 is 1.44 bits per heavy atom. The molecule has 0 aliphatic carbocycles. The molecule has 2 aliphatic heterocycles. The van der Waals surface area contributed by atoms with E-state index in [4.69, 9.17) is 4.74 Å². The highest BCUT2D eigenvalue weighted by molar-refractivity contribution is 5.98. The fourth-order valence-corrected chi connectivity index (χ4v) is 2.82. The van der Waals surface area contributed by atoms with E-state index in [0.717, 1.165) is 30.4 Å². The molecule has 3 unspecified atom stereocenters. The van der Waals surface area contributed by atoms with Crippen molar-refractivity contribution >= 4 is 5.78 Å². The smallest absolute Gasteiger partial charge is 0.170 e. The lowest BCUT2D eigenvalue weighted by Crippen LogP contribution is -2.25. The molecule has 0 N–H and O–H groups in total. The standard InChI is InChI=1S/C13H15NO2/c1-8-4-9(7-14-6-8)13(15)11-5-10-2-3-12(11)16-10/h4,6-7,10-12H,2-3,5H2,1H3. The van der Waals surface area contributed by atoms with Gasteiger partial charge in [0.1, 0.15) is 0 Å². The maximum Gasteiger partial charge on any atom is 0.170 e. The summed E-state index contributed by atoms with van der Waals surface area (Å²) >= 11 is 0. The molecule has 3 heterocycles. The lowest BCUT2D eigenvalue weighted by Gasteiger charge is -2.17. The highest BCUT2D eigenvalue weighted by Gasteiger charge is 2.44. The van der Waals surface area contributed by atoms with Crippen LogP contribution in [0, 0.1) is 12.8 Å². The largest absolute Gasteiger partial charge is 0.374 e. The molecule has 0 radical (unpaired) electrons. The van der Waals surface area contributed by atoms with Crippen LogP contribution in [0.2, 0.25) is 0 Å². The van der Waals surface area contributed by atoms with Gasteiger partial charge in [-0.15, -0.1) is 0 Å². The van der Waals surface area contributed by atoms with E-state index in [1.807, 2.05) is 13.0 Å². The predicted octanol–water partition coefficient (Wildman–Crippen LogP) is 2.14. The first-order valence-electron chi connectivity index (χ1n) is 5.85. The third-order valence-corrected chi connectivity index (χ3v) is 3.60. The first-order chi connectivity index (χ1) is 7.74. The zero-order valence-corrected chi connectivity index (χ0v) is 9.35. The number of aryl methyl sites for hydroxylation is 1. The van der Waals surface area contributed by atoms with E-state index in [1.54, 1.807) is 12.4 Å². The van der Waals surface area contributed by atoms with Crippen LogP contribution in [0.4, 0.5) is 0 Å². The number of fused-ring (bicyclic) bond motifs is 2. The lowest BCUT2D eigenvalue weighted by molar-refractivity contribution is 0.0743. The Morgan fingerprint density at radius 2 is 2.31 bits per heavy atom. The van der Waals surface area contributed by atoms with E-state index in [9.17, 15) is 4.79 Å². The van der Waals surface area contributed by atoms with E-state index in [-0.39, 0.29) is 17.8 Å². The molecule has 0 amide bonds. The lowest BCUT2D eigenvalue weighted by atomic mass is 9.84. The molecule has 84 valence electrons. The molecule has 1 aromatic heterocycles. The molecule has 3 atom stereocenters. The van der Waals surface area contributed by atoms with Gasteiger partial charge in [0.15, 0.2) is 5.78 Å². The number of hydrogen-bond acceptors (Lipinski definition) is 3. The minimum Gasteiger partial charge on any atom is -0.374 e. The van der Waals surface area contributed by atoms with Crippen molar-refractivity contribution in [2.75, 3.05) is 0 Å². The van der Waals surface area contributed by atoms with Gasteiger partial charge in [-0.25, -0.2) is 0 Å². The topological polar surface area (TPSA) is 39.2 Å². The fourth-order valence-electron chi connectivity index (χ4n) is 2.82. The van der Waals surface area contributed by atoms with Crippen molar-refractivity contribution < 1.29 is 9.53 Å². The number of hydrogen-bond donors (Lipinski definition) is 0. The molecule has 2 saturated heterocycles. The van der Waals surface area contributed by atoms with Crippen LogP contribution in [0.25, 0.3) is 0 Å². The Hall–Kier alpha value is -1.22. The average molecular weight is 217 g/mol. The number of carbonyl (C=O) groups excluding carboxylic acids is 1. The first kappa shape index (κ1) is 9.97. The summed E-state index contributed by atoms with van der Waals surface area (Å²) in [5, 5.41) is 0. The van der Waals surface area contributed by atoms with Crippen molar-refractivity contribution in [3.05, 3.63) is 29.6 Å². The monoisotopic (exact) mass is 217 g/mol. The summed E-state index contributed by atoms with van der Waals surface area (Å²) in [5.41, 5.74) is 1.77. The van der Waals surface area contributed by atoms with Crippen molar-refractivity contribution in [1.29, 1.82) is 0 Å². The van der Waals surface area contributed by atoms with E-state index in [2.05, 4.69) is 4.98 Å². The maximum absolute atomic E-state index is 12.3. The molecule has 1 aromatic rings. The molecule has 0 aromatic carbocycles. The number of rotatable bonds is 2. The second kappa shape index (κ2) is 3.67. The first-order valence-corrected chi connectivity index (χ1v) is 5.85. The van der Waals surface area contributed by atoms with Gasteiger partial charge in [0.05, 0.1) is 18.1 Å². The zero-order valence-electron chi connectivity index (χ0n) is 9.35. The molecular formula is C13H15NO2. The van der Waals surface area contributed by atoms with Crippen LogP contribution >= 0.6 is 0 Å². The van der Waals surface area contributed by atoms with Crippen molar-refractivity contribution in [2.24, 2.45) is 5.92 Å². The van der Waals surface area contributed by atoms with E-state index in [0.29, 0.717) is 6.10 Å². The summed E-state index contributed by atoms with van der Waals surface area (Å²) in [4.78, 5) is 16.3. The van der Waals surface area contributed by atoms with Crippen molar-refractivity contribution in [3.63, 3.8) is 0 Å². The van der Waals surface area contributed by atoms with Crippen LogP contribution in [-0.4, -0.2) is 23.0 Å². The Bertz CT molecular complexity index is 430. The minimum absolute atomic E-state index is 0.0716. The Labute approximate surface area is 94.8 Å². The average Bonchev–Trinajstić information content (AvgIpc) is 2.89. The van der Waals surface area contributed by atoms with Gasteiger partial charge in [-0.2, -0.15) is 0 Å². The van der Waals surface area contributed by atoms with Crippen LogP contribution in [0.3, 0.4) is 0 Å². The molecule has 3 heteroatoms. The highest BCUT2D eigenvalue weighted by atomic mass is 16.5. The van der Waals surface area contributed by atoms with Gasteiger partial charge < -0.3 is 4.74 Å². The maximum atomic E-state index is 12.3. The Kier molecular flexibility index (Phi) is 2.28. The number of ketones is 1. The molecule has 2 aliphatic rings. The second-order valence-corrected chi connectivity index (χ2v) is 4.83. The number of Topliss-reactive ketones (excluding diaryl/α,β-unsaturated/α-hetero) is 1. The zero-order chi connectivity index (χ0) is 11.1.